The van der Waals surface area contributed by atoms with E-state index in [1.807, 2.05) is 24.0 Å². The number of aromatic amines is 1. The highest BCUT2D eigenvalue weighted by molar-refractivity contribution is 5.97. The number of amides is 1. The Morgan fingerprint density at radius 2 is 2.13 bits per heavy atom. The predicted octanol–water partition coefficient (Wildman–Crippen LogP) is 2.90. The monoisotopic (exact) mass is 306 g/mol. The molecule has 1 amide bonds. The summed E-state index contributed by atoms with van der Waals surface area (Å²) in [7, 11) is 0. The summed E-state index contributed by atoms with van der Waals surface area (Å²) in [6, 6.07) is 12.3. The first-order chi connectivity index (χ1) is 11.2. The molecule has 0 aliphatic carbocycles. The van der Waals surface area contributed by atoms with Gasteiger partial charge in [-0.25, -0.2) is 4.98 Å². The number of pyridine rings is 1. The highest BCUT2D eigenvalue weighted by atomic mass is 16.2. The highest BCUT2D eigenvalue weighted by Gasteiger charge is 2.28. The number of rotatable bonds is 2. The first-order valence-corrected chi connectivity index (χ1v) is 7.87. The van der Waals surface area contributed by atoms with Gasteiger partial charge in [-0.1, -0.05) is 30.3 Å². The van der Waals surface area contributed by atoms with Gasteiger partial charge in [-0.15, -0.1) is 0 Å². The van der Waals surface area contributed by atoms with Crippen molar-refractivity contribution in [3.63, 3.8) is 0 Å². The Morgan fingerprint density at radius 3 is 2.96 bits per heavy atom. The summed E-state index contributed by atoms with van der Waals surface area (Å²) in [6.07, 6.45) is 2.64. The van der Waals surface area contributed by atoms with Crippen LogP contribution in [0.5, 0.6) is 0 Å². The lowest BCUT2D eigenvalue weighted by atomic mass is 9.99. The molecule has 5 heteroatoms. The third-order valence-corrected chi connectivity index (χ3v) is 4.59. The van der Waals surface area contributed by atoms with Crippen LogP contribution in [0.25, 0.3) is 11.0 Å². The van der Waals surface area contributed by atoms with Gasteiger partial charge < -0.3 is 4.90 Å². The lowest BCUT2D eigenvalue weighted by Crippen LogP contribution is -2.28. The lowest BCUT2D eigenvalue weighted by Gasteiger charge is -2.16. The van der Waals surface area contributed by atoms with E-state index in [1.165, 1.54) is 5.56 Å². The number of aryl methyl sites for hydroxylation is 1. The molecule has 1 N–H and O–H groups in total. The van der Waals surface area contributed by atoms with E-state index in [9.17, 15) is 4.79 Å². The second kappa shape index (κ2) is 5.50. The molecule has 2 aromatic heterocycles. The largest absolute Gasteiger partial charge is 0.338 e. The lowest BCUT2D eigenvalue weighted by molar-refractivity contribution is 0.0790. The minimum absolute atomic E-state index is 0.0541. The molecule has 5 nitrogen and oxygen atoms in total. The van der Waals surface area contributed by atoms with Gasteiger partial charge in [-0.05, 0) is 25.0 Å². The fourth-order valence-corrected chi connectivity index (χ4v) is 3.26. The number of H-pyrrole nitrogens is 1. The molecule has 1 aliphatic heterocycles. The Morgan fingerprint density at radius 1 is 1.30 bits per heavy atom. The molecule has 0 spiro atoms. The summed E-state index contributed by atoms with van der Waals surface area (Å²) in [5.41, 5.74) is 3.53. The fraction of sp³-hybridized carbons (Fsp3) is 0.278. The van der Waals surface area contributed by atoms with Gasteiger partial charge in [0.2, 0.25) is 0 Å². The smallest absolute Gasteiger partial charge is 0.255 e. The predicted molar refractivity (Wildman–Crippen MR) is 88.3 cm³/mol. The summed E-state index contributed by atoms with van der Waals surface area (Å²) in [6.45, 7) is 3.50. The van der Waals surface area contributed by atoms with Crippen LogP contribution in [0, 0.1) is 6.92 Å². The van der Waals surface area contributed by atoms with Crippen LogP contribution in [0.2, 0.25) is 0 Å². The molecular formula is C18H18N4O. The Bertz CT molecular complexity index is 856. The van der Waals surface area contributed by atoms with Crippen LogP contribution in [-0.4, -0.2) is 39.1 Å². The van der Waals surface area contributed by atoms with Gasteiger partial charge in [0, 0.05) is 36.3 Å². The molecule has 0 unspecified atom stereocenters. The van der Waals surface area contributed by atoms with E-state index in [4.69, 9.17) is 0 Å². The number of nitrogens with zero attached hydrogens (tertiary/aromatic N) is 3. The Labute approximate surface area is 134 Å². The molecule has 1 fully saturated rings. The maximum Gasteiger partial charge on any atom is 0.255 e. The van der Waals surface area contributed by atoms with Crippen molar-refractivity contribution in [3.05, 3.63) is 59.4 Å². The van der Waals surface area contributed by atoms with Gasteiger partial charge in [-0.2, -0.15) is 5.10 Å². The number of hydrogen-bond donors (Lipinski definition) is 1. The zero-order chi connectivity index (χ0) is 15.8. The van der Waals surface area contributed by atoms with Gasteiger partial charge in [-0.3, -0.25) is 9.89 Å². The van der Waals surface area contributed by atoms with Crippen molar-refractivity contribution in [1.29, 1.82) is 0 Å². The number of carbonyl (C=O) groups is 1. The first kappa shape index (κ1) is 13.9. The van der Waals surface area contributed by atoms with Gasteiger partial charge in [0.15, 0.2) is 5.65 Å². The Kier molecular flexibility index (Phi) is 3.33. The molecule has 0 radical (unpaired) electrons. The Balaban J connectivity index is 1.56. The summed E-state index contributed by atoms with van der Waals surface area (Å²) < 4.78 is 0. The van der Waals surface area contributed by atoms with E-state index in [2.05, 4.69) is 39.4 Å². The van der Waals surface area contributed by atoms with Gasteiger partial charge in [0.25, 0.3) is 5.91 Å². The SMILES string of the molecule is Cc1[nH]nc2ncc(C(=O)N3CC[C@H](c4ccccc4)C3)cc12. The van der Waals surface area contributed by atoms with Crippen LogP contribution in [0.3, 0.4) is 0 Å². The summed E-state index contributed by atoms with van der Waals surface area (Å²) in [5, 5.41) is 7.92. The maximum atomic E-state index is 12.8. The van der Waals surface area contributed by atoms with Crippen molar-refractivity contribution >= 4 is 16.9 Å². The van der Waals surface area contributed by atoms with Crippen LogP contribution in [0.4, 0.5) is 0 Å². The van der Waals surface area contributed by atoms with E-state index in [0.29, 0.717) is 17.1 Å². The van der Waals surface area contributed by atoms with Crippen LogP contribution >= 0.6 is 0 Å². The molecular weight excluding hydrogens is 288 g/mol. The first-order valence-electron chi connectivity index (χ1n) is 7.87. The third-order valence-electron chi connectivity index (χ3n) is 4.59. The molecule has 1 saturated heterocycles. The maximum absolute atomic E-state index is 12.8. The third kappa shape index (κ3) is 2.48. The average molecular weight is 306 g/mol. The van der Waals surface area contributed by atoms with Crippen molar-refractivity contribution in [2.75, 3.05) is 13.1 Å². The van der Waals surface area contributed by atoms with E-state index < -0.39 is 0 Å². The zero-order valence-electron chi connectivity index (χ0n) is 13.0. The van der Waals surface area contributed by atoms with Crippen molar-refractivity contribution < 1.29 is 4.79 Å². The molecule has 116 valence electrons. The topological polar surface area (TPSA) is 61.9 Å². The summed E-state index contributed by atoms with van der Waals surface area (Å²) in [5.74, 6) is 0.478. The molecule has 23 heavy (non-hydrogen) atoms. The number of hydrogen-bond acceptors (Lipinski definition) is 3. The number of nitrogens with one attached hydrogen (secondary N) is 1. The van der Waals surface area contributed by atoms with E-state index in [-0.39, 0.29) is 5.91 Å². The van der Waals surface area contributed by atoms with Crippen molar-refractivity contribution in [1.82, 2.24) is 20.1 Å². The normalized spacial score (nSPS) is 17.8. The summed E-state index contributed by atoms with van der Waals surface area (Å²) in [4.78, 5) is 19.0. The molecule has 3 aromatic rings. The summed E-state index contributed by atoms with van der Waals surface area (Å²) >= 11 is 0. The highest BCUT2D eigenvalue weighted by Crippen LogP contribution is 2.28. The fourth-order valence-electron chi connectivity index (χ4n) is 3.26. The second-order valence-corrected chi connectivity index (χ2v) is 6.09. The molecule has 0 saturated carbocycles. The van der Waals surface area contributed by atoms with Crippen molar-refractivity contribution in [2.24, 2.45) is 0 Å². The van der Waals surface area contributed by atoms with E-state index in [1.54, 1.807) is 6.20 Å². The molecule has 3 heterocycles. The van der Waals surface area contributed by atoms with Gasteiger partial charge >= 0.3 is 0 Å². The van der Waals surface area contributed by atoms with Gasteiger partial charge in [0.05, 0.1) is 5.56 Å². The van der Waals surface area contributed by atoms with E-state index in [0.717, 1.165) is 30.6 Å². The molecule has 1 atom stereocenters. The van der Waals surface area contributed by atoms with Crippen molar-refractivity contribution in [2.45, 2.75) is 19.3 Å². The van der Waals surface area contributed by atoms with E-state index >= 15 is 0 Å². The van der Waals surface area contributed by atoms with Crippen LogP contribution in [0.1, 0.15) is 34.0 Å². The molecule has 4 rings (SSSR count). The number of benzene rings is 1. The second-order valence-electron chi connectivity index (χ2n) is 6.09. The number of carbonyl (C=O) groups excluding carboxylic acids is 1. The number of aromatic nitrogens is 3. The van der Waals surface area contributed by atoms with Crippen LogP contribution < -0.4 is 0 Å². The number of likely N-dealkylation sites (tertiary alicyclic amines) is 1. The molecule has 1 aliphatic rings. The van der Waals surface area contributed by atoms with Gasteiger partial charge in [0.1, 0.15) is 0 Å². The number of fused-ring (bicyclic) bond motifs is 1. The zero-order valence-corrected chi connectivity index (χ0v) is 13.0. The Hall–Kier alpha value is -2.69. The van der Waals surface area contributed by atoms with Crippen LogP contribution in [0.15, 0.2) is 42.6 Å². The van der Waals surface area contributed by atoms with Crippen molar-refractivity contribution in [3.8, 4) is 0 Å². The van der Waals surface area contributed by atoms with Crippen LogP contribution in [-0.2, 0) is 0 Å². The standard InChI is InChI=1S/C18H18N4O/c1-12-16-9-15(10-19-17(16)21-20-12)18(23)22-8-7-14(11-22)13-5-3-2-4-6-13/h2-6,9-10,14H,7-8,11H2,1H3,(H,19,20,21)/t14-/m0/s1. The minimum atomic E-state index is 0.0541. The quantitative estimate of drug-likeness (QED) is 0.792. The molecule has 1 aromatic carbocycles. The molecule has 0 bridgehead atoms. The minimum Gasteiger partial charge on any atom is -0.338 e. The average Bonchev–Trinajstić information content (AvgIpc) is 3.22.